The maximum absolute atomic E-state index is 13.6. The zero-order valence-electron chi connectivity index (χ0n) is 17.9. The molecule has 0 unspecified atom stereocenters. The van der Waals surface area contributed by atoms with Crippen LogP contribution in [0, 0.1) is 6.92 Å². The van der Waals surface area contributed by atoms with Crippen LogP contribution in [0.2, 0.25) is 5.02 Å². The maximum atomic E-state index is 13.6. The smallest absolute Gasteiger partial charge is 0.282 e. The number of para-hydroxylation sites is 2. The van der Waals surface area contributed by atoms with Crippen LogP contribution in [0.5, 0.6) is 5.75 Å². The van der Waals surface area contributed by atoms with Gasteiger partial charge >= 0.3 is 0 Å². The van der Waals surface area contributed by atoms with Gasteiger partial charge < -0.3 is 10.1 Å². The van der Waals surface area contributed by atoms with E-state index in [0.29, 0.717) is 39.9 Å². The molecule has 1 aliphatic rings. The summed E-state index contributed by atoms with van der Waals surface area (Å²) in [6.07, 6.45) is 0.810. The van der Waals surface area contributed by atoms with Crippen LogP contribution in [0.3, 0.4) is 0 Å². The molecule has 0 atom stereocenters. The van der Waals surface area contributed by atoms with E-state index in [9.17, 15) is 9.59 Å². The average molecular weight is 447 g/mol. The van der Waals surface area contributed by atoms with E-state index >= 15 is 0 Å². The largest absolute Gasteiger partial charge is 0.491 e. The van der Waals surface area contributed by atoms with E-state index in [-0.39, 0.29) is 5.70 Å². The number of carbonyl (C=O) groups is 2. The van der Waals surface area contributed by atoms with Crippen LogP contribution < -0.4 is 15.0 Å². The first-order valence-corrected chi connectivity index (χ1v) is 10.8. The van der Waals surface area contributed by atoms with Gasteiger partial charge in [-0.2, -0.15) is 0 Å². The highest BCUT2D eigenvalue weighted by atomic mass is 35.5. The molecule has 162 valence electrons. The van der Waals surface area contributed by atoms with Gasteiger partial charge in [0, 0.05) is 10.7 Å². The lowest BCUT2D eigenvalue weighted by molar-refractivity contribution is -0.120. The zero-order valence-corrected chi connectivity index (χ0v) is 18.6. The van der Waals surface area contributed by atoms with Gasteiger partial charge in [0.2, 0.25) is 0 Å². The highest BCUT2D eigenvalue weighted by Gasteiger charge is 2.41. The lowest BCUT2D eigenvalue weighted by Crippen LogP contribution is -2.32. The molecular formula is C26H23ClN2O3. The van der Waals surface area contributed by atoms with E-state index in [0.717, 1.165) is 12.0 Å². The van der Waals surface area contributed by atoms with Crippen LogP contribution in [0.15, 0.2) is 78.5 Å². The second-order valence-electron chi connectivity index (χ2n) is 7.46. The average Bonchev–Trinajstić information content (AvgIpc) is 3.04. The standard InChI is InChI=1S/C26H23ClN2O3/c1-3-15-32-22-12-8-7-11-21(22)29-25(30)23(18-9-5-4-6-10-18)24(26(29)31)28-20-16-19(27)14-13-17(20)2/h4-14,16,28H,3,15H2,1-2H3. The molecular weight excluding hydrogens is 424 g/mol. The van der Waals surface area contributed by atoms with Crippen molar-refractivity contribution in [2.45, 2.75) is 20.3 Å². The monoisotopic (exact) mass is 446 g/mol. The molecule has 3 aromatic carbocycles. The van der Waals surface area contributed by atoms with Gasteiger partial charge in [0.05, 0.1) is 17.9 Å². The van der Waals surface area contributed by atoms with Crippen molar-refractivity contribution in [1.29, 1.82) is 0 Å². The quantitative estimate of drug-likeness (QED) is 0.463. The molecule has 5 nitrogen and oxygen atoms in total. The summed E-state index contributed by atoms with van der Waals surface area (Å²) in [5, 5.41) is 3.72. The van der Waals surface area contributed by atoms with Gasteiger partial charge in [0.25, 0.3) is 11.8 Å². The Morgan fingerprint density at radius 1 is 0.938 bits per heavy atom. The van der Waals surface area contributed by atoms with Crippen molar-refractivity contribution in [3.05, 3.63) is 94.6 Å². The number of halogens is 1. The third-order valence-electron chi connectivity index (χ3n) is 5.17. The summed E-state index contributed by atoms with van der Waals surface area (Å²) < 4.78 is 5.82. The van der Waals surface area contributed by atoms with E-state index < -0.39 is 11.8 Å². The lowest BCUT2D eigenvalue weighted by Gasteiger charge is -2.19. The molecule has 0 aliphatic carbocycles. The van der Waals surface area contributed by atoms with Crippen molar-refractivity contribution in [3.8, 4) is 5.75 Å². The predicted octanol–water partition coefficient (Wildman–Crippen LogP) is 5.83. The van der Waals surface area contributed by atoms with Crippen LogP contribution in [0.1, 0.15) is 24.5 Å². The molecule has 1 aliphatic heterocycles. The molecule has 0 radical (unpaired) electrons. The number of nitrogens with zero attached hydrogens (tertiary/aromatic N) is 1. The fourth-order valence-electron chi connectivity index (χ4n) is 3.58. The fraction of sp³-hybridized carbons (Fsp3) is 0.154. The van der Waals surface area contributed by atoms with E-state index in [2.05, 4.69) is 5.32 Å². The van der Waals surface area contributed by atoms with Crippen LogP contribution >= 0.6 is 11.6 Å². The number of amides is 2. The minimum absolute atomic E-state index is 0.205. The molecule has 1 N–H and O–H groups in total. The van der Waals surface area contributed by atoms with E-state index in [1.807, 2.05) is 56.3 Å². The van der Waals surface area contributed by atoms with Crippen molar-refractivity contribution in [2.75, 3.05) is 16.8 Å². The highest BCUT2D eigenvalue weighted by molar-refractivity contribution is 6.46. The fourth-order valence-corrected chi connectivity index (χ4v) is 3.75. The Labute approximate surface area is 192 Å². The van der Waals surface area contributed by atoms with Crippen LogP contribution in [0.4, 0.5) is 11.4 Å². The van der Waals surface area contributed by atoms with Crippen LogP contribution in [-0.4, -0.2) is 18.4 Å². The number of nitrogens with one attached hydrogen (secondary N) is 1. The maximum Gasteiger partial charge on any atom is 0.282 e. The van der Waals surface area contributed by atoms with Gasteiger partial charge in [-0.15, -0.1) is 0 Å². The van der Waals surface area contributed by atoms with Gasteiger partial charge in [-0.3, -0.25) is 9.59 Å². The van der Waals surface area contributed by atoms with Gasteiger partial charge in [0.1, 0.15) is 11.4 Å². The van der Waals surface area contributed by atoms with Gasteiger partial charge in [-0.05, 0) is 48.7 Å². The Morgan fingerprint density at radius 2 is 1.66 bits per heavy atom. The number of carbonyl (C=O) groups excluding carboxylic acids is 2. The number of anilines is 2. The summed E-state index contributed by atoms with van der Waals surface area (Å²) in [5.41, 5.74) is 3.16. The van der Waals surface area contributed by atoms with Gasteiger partial charge in [-0.25, -0.2) is 4.90 Å². The second kappa shape index (κ2) is 9.28. The first kappa shape index (κ1) is 21.7. The van der Waals surface area contributed by atoms with Crippen molar-refractivity contribution in [2.24, 2.45) is 0 Å². The topological polar surface area (TPSA) is 58.6 Å². The number of hydrogen-bond donors (Lipinski definition) is 1. The molecule has 0 spiro atoms. The predicted molar refractivity (Wildman–Crippen MR) is 128 cm³/mol. The van der Waals surface area contributed by atoms with E-state index in [1.165, 1.54) is 4.90 Å². The third-order valence-corrected chi connectivity index (χ3v) is 5.41. The Hall–Kier alpha value is -3.57. The van der Waals surface area contributed by atoms with Gasteiger partial charge in [0.15, 0.2) is 0 Å². The minimum Gasteiger partial charge on any atom is -0.491 e. The Balaban J connectivity index is 1.82. The van der Waals surface area contributed by atoms with Gasteiger partial charge in [-0.1, -0.05) is 67.1 Å². The SMILES string of the molecule is CCCOc1ccccc1N1C(=O)C(Nc2cc(Cl)ccc2C)=C(c2ccccc2)C1=O. The van der Waals surface area contributed by atoms with Crippen molar-refractivity contribution < 1.29 is 14.3 Å². The van der Waals surface area contributed by atoms with E-state index in [1.54, 1.807) is 30.3 Å². The first-order chi connectivity index (χ1) is 15.5. The summed E-state index contributed by atoms with van der Waals surface area (Å²) in [7, 11) is 0. The Kier molecular flexibility index (Phi) is 6.28. The lowest BCUT2D eigenvalue weighted by atomic mass is 10.0. The molecule has 4 rings (SSSR count). The first-order valence-electron chi connectivity index (χ1n) is 10.4. The Bertz CT molecular complexity index is 1200. The summed E-state index contributed by atoms with van der Waals surface area (Å²) in [6.45, 7) is 4.40. The van der Waals surface area contributed by atoms with Crippen LogP contribution in [-0.2, 0) is 9.59 Å². The Morgan fingerprint density at radius 3 is 2.41 bits per heavy atom. The highest BCUT2D eigenvalue weighted by Crippen LogP contribution is 2.38. The number of hydrogen-bond acceptors (Lipinski definition) is 4. The summed E-state index contributed by atoms with van der Waals surface area (Å²) in [4.78, 5) is 28.4. The normalized spacial score (nSPS) is 13.7. The third kappa shape index (κ3) is 4.12. The molecule has 0 saturated carbocycles. The molecule has 0 fully saturated rings. The molecule has 6 heteroatoms. The second-order valence-corrected chi connectivity index (χ2v) is 7.90. The summed E-state index contributed by atoms with van der Waals surface area (Å²) in [5.74, 6) is -0.361. The molecule has 0 saturated heterocycles. The molecule has 3 aromatic rings. The van der Waals surface area contributed by atoms with Crippen molar-refractivity contribution >= 4 is 40.4 Å². The molecule has 1 heterocycles. The van der Waals surface area contributed by atoms with Crippen molar-refractivity contribution in [1.82, 2.24) is 0 Å². The van der Waals surface area contributed by atoms with E-state index in [4.69, 9.17) is 16.3 Å². The summed E-state index contributed by atoms with van der Waals surface area (Å²) >= 11 is 6.18. The number of aryl methyl sites for hydroxylation is 1. The molecule has 32 heavy (non-hydrogen) atoms. The number of benzene rings is 3. The minimum atomic E-state index is -0.444. The zero-order chi connectivity index (χ0) is 22.7. The number of ether oxygens (including phenoxy) is 1. The molecule has 0 bridgehead atoms. The molecule has 2 amide bonds. The number of imide groups is 1. The number of rotatable bonds is 7. The summed E-state index contributed by atoms with van der Waals surface area (Å²) in [6, 6.07) is 21.6. The van der Waals surface area contributed by atoms with Crippen LogP contribution in [0.25, 0.3) is 5.57 Å². The van der Waals surface area contributed by atoms with Crippen molar-refractivity contribution in [3.63, 3.8) is 0 Å². The molecule has 0 aromatic heterocycles.